The molecular weight excluding hydrogens is 232 g/mol. The Labute approximate surface area is 106 Å². The molecule has 0 saturated carbocycles. The zero-order valence-corrected chi connectivity index (χ0v) is 10.5. The number of pyridine rings is 1. The largest absolute Gasteiger partial charge is 0.350 e. The van der Waals surface area contributed by atoms with Crippen LogP contribution in [0.4, 0.5) is 11.5 Å². The summed E-state index contributed by atoms with van der Waals surface area (Å²) in [4.78, 5) is 16.8. The molecule has 6 nitrogen and oxygen atoms in total. The van der Waals surface area contributed by atoms with Crippen LogP contribution in [0.1, 0.15) is 19.8 Å². The van der Waals surface area contributed by atoms with E-state index in [1.807, 2.05) is 11.8 Å². The van der Waals surface area contributed by atoms with E-state index in [1.54, 1.807) is 12.3 Å². The van der Waals surface area contributed by atoms with E-state index in [0.717, 1.165) is 26.1 Å². The Morgan fingerprint density at radius 1 is 1.67 bits per heavy atom. The molecular formula is C12H18N4O2. The van der Waals surface area contributed by atoms with E-state index in [-0.39, 0.29) is 10.6 Å². The molecule has 1 aromatic heterocycles. The molecule has 18 heavy (non-hydrogen) atoms. The van der Waals surface area contributed by atoms with Gasteiger partial charge in [-0.3, -0.25) is 10.1 Å². The molecule has 1 atom stereocenters. The molecule has 1 aromatic rings. The van der Waals surface area contributed by atoms with Gasteiger partial charge >= 0.3 is 5.69 Å². The fourth-order valence-corrected chi connectivity index (χ4v) is 2.32. The molecule has 1 N–H and O–H groups in total. The molecule has 1 aliphatic rings. The number of likely N-dealkylation sites (N-methyl/N-ethyl adjacent to an activating group) is 1. The van der Waals surface area contributed by atoms with Crippen molar-refractivity contribution in [1.82, 2.24) is 10.3 Å². The zero-order valence-electron chi connectivity index (χ0n) is 10.5. The van der Waals surface area contributed by atoms with Gasteiger partial charge in [0.1, 0.15) is 0 Å². The Balaban J connectivity index is 2.18. The zero-order chi connectivity index (χ0) is 13.0. The monoisotopic (exact) mass is 250 g/mol. The van der Waals surface area contributed by atoms with Crippen molar-refractivity contribution < 1.29 is 4.92 Å². The van der Waals surface area contributed by atoms with E-state index < -0.39 is 0 Å². The fourth-order valence-electron chi connectivity index (χ4n) is 2.32. The molecule has 6 heteroatoms. The third-order valence-corrected chi connectivity index (χ3v) is 3.25. The summed E-state index contributed by atoms with van der Waals surface area (Å²) in [5, 5.41) is 14.4. The standard InChI is InChI=1S/C12H18N4O2/c1-2-15(9-10-5-3-7-13-10)12-11(16(17)18)6-4-8-14-12/h4,6,8,10,13H,2-3,5,7,9H2,1H3. The number of nitrogens with one attached hydrogen (secondary N) is 1. The predicted molar refractivity (Wildman–Crippen MR) is 69.8 cm³/mol. The van der Waals surface area contributed by atoms with Crippen molar-refractivity contribution in [2.75, 3.05) is 24.5 Å². The molecule has 2 heterocycles. The van der Waals surface area contributed by atoms with E-state index in [2.05, 4.69) is 10.3 Å². The van der Waals surface area contributed by atoms with E-state index >= 15 is 0 Å². The Morgan fingerprint density at radius 3 is 3.11 bits per heavy atom. The van der Waals surface area contributed by atoms with Crippen LogP contribution in [0.15, 0.2) is 18.3 Å². The van der Waals surface area contributed by atoms with Gasteiger partial charge in [0.2, 0.25) is 5.82 Å². The molecule has 0 aliphatic carbocycles. The molecule has 0 radical (unpaired) electrons. The fraction of sp³-hybridized carbons (Fsp3) is 0.583. The third-order valence-electron chi connectivity index (χ3n) is 3.25. The lowest BCUT2D eigenvalue weighted by Gasteiger charge is -2.24. The van der Waals surface area contributed by atoms with Gasteiger partial charge in [0.05, 0.1) is 4.92 Å². The lowest BCUT2D eigenvalue weighted by Crippen LogP contribution is -2.38. The molecule has 1 fully saturated rings. The summed E-state index contributed by atoms with van der Waals surface area (Å²) in [7, 11) is 0. The van der Waals surface area contributed by atoms with Gasteiger partial charge in [-0.2, -0.15) is 0 Å². The van der Waals surface area contributed by atoms with Crippen LogP contribution in [-0.4, -0.2) is 35.6 Å². The van der Waals surface area contributed by atoms with Crippen molar-refractivity contribution in [3.63, 3.8) is 0 Å². The summed E-state index contributed by atoms with van der Waals surface area (Å²) in [5.41, 5.74) is 0.0809. The molecule has 1 unspecified atom stereocenters. The Morgan fingerprint density at radius 2 is 2.50 bits per heavy atom. The number of nitrogens with zero attached hydrogens (tertiary/aromatic N) is 3. The van der Waals surface area contributed by atoms with Crippen molar-refractivity contribution in [3.8, 4) is 0 Å². The maximum absolute atomic E-state index is 11.0. The van der Waals surface area contributed by atoms with Crippen LogP contribution in [0.2, 0.25) is 0 Å². The third kappa shape index (κ3) is 2.76. The molecule has 98 valence electrons. The Hall–Kier alpha value is -1.69. The highest BCUT2D eigenvalue weighted by molar-refractivity contribution is 5.57. The summed E-state index contributed by atoms with van der Waals surface area (Å²) in [6.45, 7) is 4.52. The van der Waals surface area contributed by atoms with Crippen molar-refractivity contribution in [2.24, 2.45) is 0 Å². The number of rotatable bonds is 5. The van der Waals surface area contributed by atoms with Crippen molar-refractivity contribution in [2.45, 2.75) is 25.8 Å². The van der Waals surface area contributed by atoms with Gasteiger partial charge in [-0.1, -0.05) is 0 Å². The van der Waals surface area contributed by atoms with Crippen LogP contribution >= 0.6 is 0 Å². The average molecular weight is 250 g/mol. The van der Waals surface area contributed by atoms with E-state index in [9.17, 15) is 10.1 Å². The van der Waals surface area contributed by atoms with Gasteiger partial charge in [0.15, 0.2) is 0 Å². The first-order chi connectivity index (χ1) is 8.72. The summed E-state index contributed by atoms with van der Waals surface area (Å²) >= 11 is 0. The van der Waals surface area contributed by atoms with Gasteiger partial charge in [-0.15, -0.1) is 0 Å². The molecule has 0 spiro atoms. The van der Waals surface area contributed by atoms with Gasteiger partial charge in [0, 0.05) is 31.4 Å². The maximum atomic E-state index is 11.0. The van der Waals surface area contributed by atoms with Crippen LogP contribution in [-0.2, 0) is 0 Å². The van der Waals surface area contributed by atoms with Gasteiger partial charge in [0.25, 0.3) is 0 Å². The number of hydrogen-bond acceptors (Lipinski definition) is 5. The molecule has 1 aliphatic heterocycles. The summed E-state index contributed by atoms with van der Waals surface area (Å²) < 4.78 is 0. The van der Waals surface area contributed by atoms with E-state index in [4.69, 9.17) is 0 Å². The van der Waals surface area contributed by atoms with Crippen LogP contribution < -0.4 is 10.2 Å². The van der Waals surface area contributed by atoms with Crippen molar-refractivity contribution in [1.29, 1.82) is 0 Å². The van der Waals surface area contributed by atoms with Crippen LogP contribution in [0.25, 0.3) is 0 Å². The van der Waals surface area contributed by atoms with Crippen molar-refractivity contribution in [3.05, 3.63) is 28.4 Å². The molecule has 1 saturated heterocycles. The molecule has 2 rings (SSSR count). The number of hydrogen-bond donors (Lipinski definition) is 1. The summed E-state index contributed by atoms with van der Waals surface area (Å²) in [6, 6.07) is 3.52. The van der Waals surface area contributed by atoms with E-state index in [0.29, 0.717) is 11.9 Å². The second-order valence-electron chi connectivity index (χ2n) is 4.44. The second-order valence-corrected chi connectivity index (χ2v) is 4.44. The first-order valence-electron chi connectivity index (χ1n) is 6.30. The molecule has 0 amide bonds. The van der Waals surface area contributed by atoms with Gasteiger partial charge < -0.3 is 10.2 Å². The second kappa shape index (κ2) is 5.77. The van der Waals surface area contributed by atoms with Crippen LogP contribution in [0.3, 0.4) is 0 Å². The normalized spacial score (nSPS) is 18.8. The summed E-state index contributed by atoms with van der Waals surface area (Å²) in [5.74, 6) is 0.471. The Kier molecular flexibility index (Phi) is 4.09. The lowest BCUT2D eigenvalue weighted by molar-refractivity contribution is -0.384. The van der Waals surface area contributed by atoms with Crippen LogP contribution in [0, 0.1) is 10.1 Å². The minimum Gasteiger partial charge on any atom is -0.350 e. The topological polar surface area (TPSA) is 71.3 Å². The minimum absolute atomic E-state index is 0.0809. The maximum Gasteiger partial charge on any atom is 0.311 e. The quantitative estimate of drug-likeness (QED) is 0.634. The lowest BCUT2D eigenvalue weighted by atomic mass is 10.2. The highest BCUT2D eigenvalue weighted by Crippen LogP contribution is 2.25. The average Bonchev–Trinajstić information content (AvgIpc) is 2.88. The highest BCUT2D eigenvalue weighted by Gasteiger charge is 2.23. The van der Waals surface area contributed by atoms with Crippen LogP contribution in [0.5, 0.6) is 0 Å². The molecule has 0 bridgehead atoms. The summed E-state index contributed by atoms with van der Waals surface area (Å²) in [6.07, 6.45) is 3.90. The first-order valence-corrected chi connectivity index (χ1v) is 6.30. The Bertz CT molecular complexity index is 418. The predicted octanol–water partition coefficient (Wildman–Crippen LogP) is 1.57. The van der Waals surface area contributed by atoms with Gasteiger partial charge in [-0.25, -0.2) is 4.98 Å². The number of aromatic nitrogens is 1. The SMILES string of the molecule is CCN(CC1CCCN1)c1ncccc1[N+](=O)[O-]. The first kappa shape index (κ1) is 12.8. The minimum atomic E-state index is -0.368. The smallest absolute Gasteiger partial charge is 0.311 e. The molecule has 0 aromatic carbocycles. The highest BCUT2D eigenvalue weighted by atomic mass is 16.6. The van der Waals surface area contributed by atoms with Gasteiger partial charge in [-0.05, 0) is 32.4 Å². The number of anilines is 1. The number of nitro groups is 1. The van der Waals surface area contributed by atoms with E-state index in [1.165, 1.54) is 12.5 Å². The van der Waals surface area contributed by atoms with Crippen molar-refractivity contribution >= 4 is 11.5 Å².